The molecule has 1 unspecified atom stereocenters. The van der Waals surface area contributed by atoms with Crippen molar-refractivity contribution in [1.82, 2.24) is 10.2 Å². The fourth-order valence-electron chi connectivity index (χ4n) is 1.98. The third kappa shape index (κ3) is 2.33. The molecule has 0 saturated carbocycles. The summed E-state index contributed by atoms with van der Waals surface area (Å²) < 4.78 is 0. The lowest BCUT2D eigenvalue weighted by atomic mass is 10.1. The quantitative estimate of drug-likeness (QED) is 0.771. The van der Waals surface area contributed by atoms with Gasteiger partial charge in [-0.1, -0.05) is 30.3 Å². The van der Waals surface area contributed by atoms with Crippen molar-refractivity contribution in [3.05, 3.63) is 52.9 Å². The number of anilines is 1. The zero-order valence-corrected chi connectivity index (χ0v) is 11.2. The van der Waals surface area contributed by atoms with Crippen LogP contribution in [0.2, 0.25) is 0 Å². The number of nitrogens with one attached hydrogen (secondary N) is 1. The van der Waals surface area contributed by atoms with Gasteiger partial charge in [0.2, 0.25) is 0 Å². The summed E-state index contributed by atoms with van der Waals surface area (Å²) in [5, 5.41) is 23.9. The molecule has 0 bridgehead atoms. The predicted octanol–water partition coefficient (Wildman–Crippen LogP) is 2.93. The smallest absolute Gasteiger partial charge is 0.331 e. The van der Waals surface area contributed by atoms with Crippen LogP contribution in [0.25, 0.3) is 10.8 Å². The van der Waals surface area contributed by atoms with Crippen molar-refractivity contribution >= 4 is 33.9 Å². The molecule has 0 radical (unpaired) electrons. The molecule has 3 aromatic rings. The summed E-state index contributed by atoms with van der Waals surface area (Å²) in [5.41, 5.74) is 0. The van der Waals surface area contributed by atoms with E-state index < -0.39 is 12.0 Å². The summed E-state index contributed by atoms with van der Waals surface area (Å²) in [5.74, 6) is -0.467. The first kappa shape index (κ1) is 12.6. The van der Waals surface area contributed by atoms with E-state index in [1.165, 1.54) is 11.3 Å². The van der Waals surface area contributed by atoms with Gasteiger partial charge in [0.25, 0.3) is 0 Å². The normalized spacial score (nSPS) is 12.2. The van der Waals surface area contributed by atoms with Crippen molar-refractivity contribution in [3.8, 4) is 0 Å². The molecule has 6 heteroatoms. The number of aromatic nitrogens is 2. The third-order valence-electron chi connectivity index (χ3n) is 2.93. The van der Waals surface area contributed by atoms with Gasteiger partial charge in [-0.3, -0.25) is 0 Å². The lowest BCUT2D eigenvalue weighted by Gasteiger charge is -2.14. The van der Waals surface area contributed by atoms with Gasteiger partial charge in [-0.2, -0.15) is 5.10 Å². The van der Waals surface area contributed by atoms with E-state index in [4.69, 9.17) is 0 Å². The number of aliphatic carboxylic acids is 1. The Morgan fingerprint density at radius 3 is 2.85 bits per heavy atom. The number of hydrogen-bond donors (Lipinski definition) is 2. The van der Waals surface area contributed by atoms with Crippen molar-refractivity contribution in [3.63, 3.8) is 0 Å². The highest BCUT2D eigenvalue weighted by molar-refractivity contribution is 7.10. The fourth-order valence-corrected chi connectivity index (χ4v) is 2.75. The Bertz CT molecular complexity index is 738. The molecule has 2 aromatic heterocycles. The number of carboxylic acids is 1. The molecule has 5 nitrogen and oxygen atoms in total. The molecular weight excluding hydrogens is 274 g/mol. The maximum Gasteiger partial charge on any atom is 0.331 e. The van der Waals surface area contributed by atoms with Gasteiger partial charge in [0.1, 0.15) is 0 Å². The summed E-state index contributed by atoms with van der Waals surface area (Å²) in [4.78, 5) is 12.2. The Balaban J connectivity index is 2.01. The van der Waals surface area contributed by atoms with Gasteiger partial charge >= 0.3 is 5.97 Å². The topological polar surface area (TPSA) is 75.1 Å². The minimum atomic E-state index is -0.942. The standard InChI is InChI=1S/C14H11N3O2S/c18-14(19)12(11-6-3-7-20-11)16-13-10-5-2-1-4-9(10)8-15-17-13/h1-8,12H,(H,16,17)(H,18,19). The second kappa shape index (κ2) is 5.26. The van der Waals surface area contributed by atoms with Crippen LogP contribution in [0.4, 0.5) is 5.82 Å². The molecule has 2 N–H and O–H groups in total. The number of rotatable bonds is 4. The van der Waals surface area contributed by atoms with Gasteiger partial charge in [0.15, 0.2) is 11.9 Å². The molecule has 2 heterocycles. The second-order valence-corrected chi connectivity index (χ2v) is 5.19. The lowest BCUT2D eigenvalue weighted by Crippen LogP contribution is -2.20. The molecule has 20 heavy (non-hydrogen) atoms. The molecule has 0 aliphatic rings. The van der Waals surface area contributed by atoms with Crippen LogP contribution in [0.5, 0.6) is 0 Å². The summed E-state index contributed by atoms with van der Waals surface area (Å²) in [7, 11) is 0. The van der Waals surface area contributed by atoms with Gasteiger partial charge in [-0.25, -0.2) is 4.79 Å². The Morgan fingerprint density at radius 1 is 1.25 bits per heavy atom. The maximum absolute atomic E-state index is 11.4. The number of nitrogens with zero attached hydrogens (tertiary/aromatic N) is 2. The average Bonchev–Trinajstić information content (AvgIpc) is 2.98. The summed E-state index contributed by atoms with van der Waals surface area (Å²) in [6.07, 6.45) is 1.65. The molecular formula is C14H11N3O2S. The van der Waals surface area contributed by atoms with Gasteiger partial charge < -0.3 is 10.4 Å². The molecule has 0 fully saturated rings. The van der Waals surface area contributed by atoms with Crippen LogP contribution in [0.15, 0.2) is 48.0 Å². The number of carbonyl (C=O) groups is 1. The van der Waals surface area contributed by atoms with Crippen LogP contribution in [-0.4, -0.2) is 21.3 Å². The highest BCUT2D eigenvalue weighted by atomic mass is 32.1. The number of hydrogen-bond acceptors (Lipinski definition) is 5. The van der Waals surface area contributed by atoms with Crippen LogP contribution in [-0.2, 0) is 4.79 Å². The van der Waals surface area contributed by atoms with Crippen LogP contribution >= 0.6 is 11.3 Å². The van der Waals surface area contributed by atoms with Gasteiger partial charge in [0, 0.05) is 15.6 Å². The molecule has 0 amide bonds. The molecule has 100 valence electrons. The zero-order valence-electron chi connectivity index (χ0n) is 10.4. The Kier molecular flexibility index (Phi) is 3.30. The monoisotopic (exact) mass is 285 g/mol. The lowest BCUT2D eigenvalue weighted by molar-refractivity contribution is -0.138. The molecule has 1 atom stereocenters. The highest BCUT2D eigenvalue weighted by Gasteiger charge is 2.22. The highest BCUT2D eigenvalue weighted by Crippen LogP contribution is 2.26. The predicted molar refractivity (Wildman–Crippen MR) is 77.9 cm³/mol. The first-order valence-corrected chi connectivity index (χ1v) is 6.87. The average molecular weight is 285 g/mol. The summed E-state index contributed by atoms with van der Waals surface area (Å²) >= 11 is 1.39. The Hall–Kier alpha value is -2.47. The van der Waals surface area contributed by atoms with Crippen LogP contribution in [0, 0.1) is 0 Å². The summed E-state index contributed by atoms with van der Waals surface area (Å²) in [6.45, 7) is 0. The molecule has 0 aliphatic carbocycles. The fraction of sp³-hybridized carbons (Fsp3) is 0.0714. The van der Waals surface area contributed by atoms with E-state index in [2.05, 4.69) is 15.5 Å². The van der Waals surface area contributed by atoms with Gasteiger partial charge in [-0.05, 0) is 11.4 Å². The van der Waals surface area contributed by atoms with Crippen molar-refractivity contribution in [2.45, 2.75) is 6.04 Å². The van der Waals surface area contributed by atoms with E-state index in [0.717, 1.165) is 15.6 Å². The molecule has 3 rings (SSSR count). The van der Waals surface area contributed by atoms with Crippen molar-refractivity contribution in [1.29, 1.82) is 0 Å². The first-order chi connectivity index (χ1) is 9.75. The van der Waals surface area contributed by atoms with Crippen LogP contribution in [0.1, 0.15) is 10.9 Å². The molecule has 1 aromatic carbocycles. The number of thiophene rings is 1. The maximum atomic E-state index is 11.4. The third-order valence-corrected chi connectivity index (χ3v) is 3.86. The number of carboxylic acid groups (broad SMARTS) is 1. The number of fused-ring (bicyclic) bond motifs is 1. The van der Waals surface area contributed by atoms with Crippen LogP contribution < -0.4 is 5.32 Å². The van der Waals surface area contributed by atoms with Crippen LogP contribution in [0.3, 0.4) is 0 Å². The van der Waals surface area contributed by atoms with E-state index >= 15 is 0 Å². The van der Waals surface area contributed by atoms with Gasteiger partial charge in [0.05, 0.1) is 6.20 Å². The summed E-state index contributed by atoms with van der Waals surface area (Å²) in [6, 6.07) is 10.4. The van der Waals surface area contributed by atoms with E-state index in [-0.39, 0.29) is 0 Å². The molecule has 0 aliphatic heterocycles. The van der Waals surface area contributed by atoms with Crippen molar-refractivity contribution < 1.29 is 9.90 Å². The first-order valence-electron chi connectivity index (χ1n) is 5.99. The Labute approximate surface area is 118 Å². The van der Waals surface area contributed by atoms with Crippen molar-refractivity contribution in [2.75, 3.05) is 5.32 Å². The molecule has 0 saturated heterocycles. The number of benzene rings is 1. The van der Waals surface area contributed by atoms with E-state index in [1.54, 1.807) is 12.3 Å². The largest absolute Gasteiger partial charge is 0.479 e. The van der Waals surface area contributed by atoms with Gasteiger partial charge in [-0.15, -0.1) is 16.4 Å². The molecule has 0 spiro atoms. The zero-order chi connectivity index (χ0) is 13.9. The Morgan fingerprint density at radius 2 is 2.10 bits per heavy atom. The minimum absolute atomic E-state index is 0.476. The SMILES string of the molecule is O=C(O)C(Nc1nncc2ccccc12)c1cccs1. The second-order valence-electron chi connectivity index (χ2n) is 4.21. The van der Waals surface area contributed by atoms with Crippen molar-refractivity contribution in [2.24, 2.45) is 0 Å². The van der Waals surface area contributed by atoms with E-state index in [1.807, 2.05) is 35.7 Å². The van der Waals surface area contributed by atoms with E-state index in [9.17, 15) is 9.90 Å². The van der Waals surface area contributed by atoms with E-state index in [0.29, 0.717) is 5.82 Å². The minimum Gasteiger partial charge on any atom is -0.479 e.